The molecule has 0 unspecified atom stereocenters. The fraction of sp³-hybridized carbons (Fsp3) is 0. The SMILES string of the molecule is NNc1ncc(Br)c(Nc2cccc(Cl)c2)n1. The standard InChI is InChI=1S/C10H9BrClN5/c11-8-5-14-10(17-13)16-9(8)15-7-3-1-2-6(12)4-7/h1-5H,13H2,(H2,14,15,16,17). The molecule has 0 aliphatic heterocycles. The lowest BCUT2D eigenvalue weighted by atomic mass is 10.3. The third-order valence-electron chi connectivity index (χ3n) is 1.96. The van der Waals surface area contributed by atoms with Gasteiger partial charge >= 0.3 is 0 Å². The summed E-state index contributed by atoms with van der Waals surface area (Å²) in [5.74, 6) is 6.19. The van der Waals surface area contributed by atoms with Gasteiger partial charge in [0.05, 0.1) is 4.47 Å². The van der Waals surface area contributed by atoms with Gasteiger partial charge < -0.3 is 5.32 Å². The van der Waals surface area contributed by atoms with Gasteiger partial charge in [0.15, 0.2) is 0 Å². The van der Waals surface area contributed by atoms with Crippen molar-refractivity contribution < 1.29 is 0 Å². The zero-order chi connectivity index (χ0) is 12.3. The smallest absolute Gasteiger partial charge is 0.239 e. The van der Waals surface area contributed by atoms with Gasteiger partial charge in [-0.3, -0.25) is 5.43 Å². The minimum atomic E-state index is 0.331. The maximum absolute atomic E-state index is 5.89. The van der Waals surface area contributed by atoms with Gasteiger partial charge in [0.1, 0.15) is 5.82 Å². The van der Waals surface area contributed by atoms with E-state index in [9.17, 15) is 0 Å². The third-order valence-corrected chi connectivity index (χ3v) is 2.78. The summed E-state index contributed by atoms with van der Waals surface area (Å²) in [5, 5.41) is 3.76. The Hall–Kier alpha value is -1.37. The van der Waals surface area contributed by atoms with E-state index in [0.29, 0.717) is 16.8 Å². The molecule has 0 aliphatic rings. The molecule has 2 aromatic rings. The summed E-state index contributed by atoms with van der Waals surface area (Å²) >= 11 is 9.24. The van der Waals surface area contributed by atoms with Crippen LogP contribution in [0.5, 0.6) is 0 Å². The zero-order valence-corrected chi connectivity index (χ0v) is 11.0. The number of nitrogen functional groups attached to an aromatic ring is 1. The zero-order valence-electron chi connectivity index (χ0n) is 8.61. The minimum absolute atomic E-state index is 0.331. The van der Waals surface area contributed by atoms with Crippen LogP contribution in [0.3, 0.4) is 0 Å². The highest BCUT2D eigenvalue weighted by Crippen LogP contribution is 2.25. The summed E-state index contributed by atoms with van der Waals surface area (Å²) in [4.78, 5) is 8.12. The molecular weight excluding hydrogens is 306 g/mol. The van der Waals surface area contributed by atoms with Gasteiger partial charge in [-0.1, -0.05) is 17.7 Å². The number of nitrogens with two attached hydrogens (primary N) is 1. The Labute approximate surface area is 112 Å². The van der Waals surface area contributed by atoms with Gasteiger partial charge in [0, 0.05) is 16.9 Å². The number of rotatable bonds is 3. The molecule has 1 aromatic carbocycles. The maximum Gasteiger partial charge on any atom is 0.239 e. The van der Waals surface area contributed by atoms with Gasteiger partial charge in [-0.15, -0.1) is 0 Å². The molecule has 0 radical (unpaired) electrons. The Kier molecular flexibility index (Phi) is 3.78. The third kappa shape index (κ3) is 3.06. The first-order valence-corrected chi connectivity index (χ1v) is 5.88. The molecular formula is C10H9BrClN5. The average molecular weight is 315 g/mol. The van der Waals surface area contributed by atoms with Crippen LogP contribution in [0.4, 0.5) is 17.5 Å². The van der Waals surface area contributed by atoms with Crippen LogP contribution in [0.15, 0.2) is 34.9 Å². The number of hydrogen-bond donors (Lipinski definition) is 3. The molecule has 2 rings (SSSR count). The molecule has 0 amide bonds. The van der Waals surface area contributed by atoms with Gasteiger partial charge in [-0.25, -0.2) is 10.8 Å². The Balaban J connectivity index is 2.29. The summed E-state index contributed by atoms with van der Waals surface area (Å²) in [7, 11) is 0. The van der Waals surface area contributed by atoms with Crippen molar-refractivity contribution in [3.05, 3.63) is 40.0 Å². The van der Waals surface area contributed by atoms with Crippen molar-refractivity contribution in [3.8, 4) is 0 Å². The van der Waals surface area contributed by atoms with E-state index in [1.165, 1.54) is 0 Å². The Bertz CT molecular complexity index is 534. The van der Waals surface area contributed by atoms with Gasteiger partial charge in [0.25, 0.3) is 0 Å². The van der Waals surface area contributed by atoms with Crippen molar-refractivity contribution in [2.45, 2.75) is 0 Å². The summed E-state index contributed by atoms with van der Waals surface area (Å²) in [6.45, 7) is 0. The van der Waals surface area contributed by atoms with Crippen LogP contribution < -0.4 is 16.6 Å². The molecule has 1 aromatic heterocycles. The van der Waals surface area contributed by atoms with E-state index in [1.54, 1.807) is 18.3 Å². The number of benzene rings is 1. The van der Waals surface area contributed by atoms with Crippen LogP contribution in [-0.4, -0.2) is 9.97 Å². The quantitative estimate of drug-likeness (QED) is 0.600. The molecule has 0 atom stereocenters. The van der Waals surface area contributed by atoms with Crippen molar-refractivity contribution in [1.82, 2.24) is 9.97 Å². The lowest BCUT2D eigenvalue weighted by Gasteiger charge is -2.08. The second-order valence-electron chi connectivity index (χ2n) is 3.17. The molecule has 0 spiro atoms. The monoisotopic (exact) mass is 313 g/mol. The first kappa shape index (κ1) is 12.1. The number of hydrazine groups is 1. The second kappa shape index (κ2) is 5.31. The van der Waals surface area contributed by atoms with Crippen LogP contribution in [0.1, 0.15) is 0 Å². The number of aromatic nitrogens is 2. The number of nitrogens with one attached hydrogen (secondary N) is 2. The van der Waals surface area contributed by atoms with Crippen molar-refractivity contribution in [1.29, 1.82) is 0 Å². The first-order valence-electron chi connectivity index (χ1n) is 4.71. The molecule has 5 nitrogen and oxygen atoms in total. The molecule has 1 heterocycles. The predicted octanol–water partition coefficient (Wildman–Crippen LogP) is 2.92. The van der Waals surface area contributed by atoms with E-state index < -0.39 is 0 Å². The molecule has 0 aliphatic carbocycles. The van der Waals surface area contributed by atoms with Crippen LogP contribution >= 0.6 is 27.5 Å². The number of hydrogen-bond acceptors (Lipinski definition) is 5. The fourth-order valence-corrected chi connectivity index (χ4v) is 1.71. The van der Waals surface area contributed by atoms with Crippen molar-refractivity contribution >= 4 is 45.0 Å². The van der Waals surface area contributed by atoms with Gasteiger partial charge in [-0.05, 0) is 34.1 Å². The molecule has 7 heteroatoms. The van der Waals surface area contributed by atoms with Crippen LogP contribution in [0.2, 0.25) is 5.02 Å². The largest absolute Gasteiger partial charge is 0.339 e. The van der Waals surface area contributed by atoms with E-state index in [2.05, 4.69) is 36.6 Å². The normalized spacial score (nSPS) is 10.1. The van der Waals surface area contributed by atoms with Crippen LogP contribution in [0.25, 0.3) is 0 Å². The van der Waals surface area contributed by atoms with E-state index in [-0.39, 0.29) is 0 Å². The van der Waals surface area contributed by atoms with E-state index in [0.717, 1.165) is 10.2 Å². The molecule has 0 fully saturated rings. The fourth-order valence-electron chi connectivity index (χ4n) is 1.23. The predicted molar refractivity (Wildman–Crippen MR) is 72.3 cm³/mol. The molecule has 4 N–H and O–H groups in total. The highest BCUT2D eigenvalue weighted by molar-refractivity contribution is 9.10. The Morgan fingerprint density at radius 2 is 2.18 bits per heavy atom. The minimum Gasteiger partial charge on any atom is -0.339 e. The van der Waals surface area contributed by atoms with Crippen LogP contribution in [0, 0.1) is 0 Å². The molecule has 17 heavy (non-hydrogen) atoms. The summed E-state index contributed by atoms with van der Waals surface area (Å²) in [6, 6.07) is 7.33. The number of halogens is 2. The van der Waals surface area contributed by atoms with Gasteiger partial charge in [0.2, 0.25) is 5.95 Å². The van der Waals surface area contributed by atoms with E-state index in [4.69, 9.17) is 17.4 Å². The highest BCUT2D eigenvalue weighted by atomic mass is 79.9. The first-order chi connectivity index (χ1) is 8.19. The van der Waals surface area contributed by atoms with E-state index >= 15 is 0 Å². The Morgan fingerprint density at radius 3 is 2.88 bits per heavy atom. The summed E-state index contributed by atoms with van der Waals surface area (Å²) < 4.78 is 0.733. The van der Waals surface area contributed by atoms with Crippen molar-refractivity contribution in [2.75, 3.05) is 10.7 Å². The molecule has 88 valence electrons. The van der Waals surface area contributed by atoms with Gasteiger partial charge in [-0.2, -0.15) is 4.98 Å². The van der Waals surface area contributed by atoms with Crippen LogP contribution in [-0.2, 0) is 0 Å². The topological polar surface area (TPSA) is 75.9 Å². The molecule has 0 saturated carbocycles. The highest BCUT2D eigenvalue weighted by Gasteiger charge is 2.04. The van der Waals surface area contributed by atoms with E-state index in [1.807, 2.05) is 12.1 Å². The lowest BCUT2D eigenvalue weighted by Crippen LogP contribution is -2.11. The summed E-state index contributed by atoms with van der Waals surface area (Å²) in [6.07, 6.45) is 1.61. The number of nitrogens with zero attached hydrogens (tertiary/aromatic N) is 2. The van der Waals surface area contributed by atoms with Crippen molar-refractivity contribution in [3.63, 3.8) is 0 Å². The molecule has 0 saturated heterocycles. The number of anilines is 3. The molecule has 0 bridgehead atoms. The average Bonchev–Trinajstić information content (AvgIpc) is 2.32. The second-order valence-corrected chi connectivity index (χ2v) is 4.46. The lowest BCUT2D eigenvalue weighted by molar-refractivity contribution is 1.11. The maximum atomic E-state index is 5.89. The Morgan fingerprint density at radius 1 is 1.35 bits per heavy atom. The van der Waals surface area contributed by atoms with Crippen molar-refractivity contribution in [2.24, 2.45) is 5.84 Å². The summed E-state index contributed by atoms with van der Waals surface area (Å²) in [5.41, 5.74) is 3.22.